The minimum absolute atomic E-state index is 0.0249. The van der Waals surface area contributed by atoms with E-state index in [0.29, 0.717) is 12.1 Å². The lowest BCUT2D eigenvalue weighted by molar-refractivity contribution is -0.141. The zero-order valence-corrected chi connectivity index (χ0v) is 16.5. The van der Waals surface area contributed by atoms with Gasteiger partial charge in [0.05, 0.1) is 15.7 Å². The largest absolute Gasteiger partial charge is 0.433 e. The third kappa shape index (κ3) is 5.17. The van der Waals surface area contributed by atoms with Gasteiger partial charge in [-0.25, -0.2) is 8.42 Å². The smallest absolute Gasteiger partial charge is 0.352 e. The number of alkyl halides is 6. The summed E-state index contributed by atoms with van der Waals surface area (Å²) in [6, 6.07) is 5.22. The van der Waals surface area contributed by atoms with Crippen LogP contribution in [0.1, 0.15) is 34.5 Å². The zero-order valence-electron chi connectivity index (χ0n) is 15.7. The Hall–Kier alpha value is -2.63. The molecule has 0 radical (unpaired) electrons. The molecule has 1 aromatic carbocycles. The van der Waals surface area contributed by atoms with Crippen molar-refractivity contribution in [2.75, 3.05) is 6.54 Å². The number of hydrogen-bond acceptors (Lipinski definition) is 4. The van der Waals surface area contributed by atoms with Gasteiger partial charge in [-0.2, -0.15) is 26.3 Å². The first kappa shape index (κ1) is 23.0. The topological polar surface area (TPSA) is 76.1 Å². The highest BCUT2D eigenvalue weighted by atomic mass is 32.2. The van der Waals surface area contributed by atoms with Crippen molar-refractivity contribution in [2.45, 2.75) is 35.3 Å². The molecule has 0 atom stereocenters. The highest BCUT2D eigenvalue weighted by Crippen LogP contribution is 2.38. The molecule has 1 aliphatic rings. The van der Waals surface area contributed by atoms with E-state index in [-0.39, 0.29) is 30.9 Å². The van der Waals surface area contributed by atoms with Gasteiger partial charge in [-0.3, -0.25) is 9.78 Å². The van der Waals surface area contributed by atoms with Crippen molar-refractivity contribution < 1.29 is 39.6 Å². The van der Waals surface area contributed by atoms with Crippen LogP contribution in [0.3, 0.4) is 0 Å². The number of sulfone groups is 1. The number of carbonyl (C=O) groups is 1. The van der Waals surface area contributed by atoms with Gasteiger partial charge in [-0.05, 0) is 49.1 Å². The molecule has 1 N–H and O–H groups in total. The summed E-state index contributed by atoms with van der Waals surface area (Å²) in [7, 11) is -3.98. The molecular formula is C19H16F6N2O3S. The average Bonchev–Trinajstić information content (AvgIpc) is 2.65. The number of pyridine rings is 1. The van der Waals surface area contributed by atoms with Crippen molar-refractivity contribution in [2.24, 2.45) is 5.92 Å². The molecule has 0 aliphatic heterocycles. The number of nitrogens with one attached hydrogen (secondary N) is 1. The van der Waals surface area contributed by atoms with Gasteiger partial charge in [-0.1, -0.05) is 6.07 Å². The van der Waals surface area contributed by atoms with E-state index < -0.39 is 49.5 Å². The van der Waals surface area contributed by atoms with Gasteiger partial charge in [0.25, 0.3) is 5.91 Å². The Morgan fingerprint density at radius 3 is 2.32 bits per heavy atom. The minimum atomic E-state index is -4.70. The molecule has 0 spiro atoms. The molecule has 3 rings (SSSR count). The Morgan fingerprint density at radius 2 is 1.71 bits per heavy atom. The van der Waals surface area contributed by atoms with Crippen LogP contribution in [0, 0.1) is 5.92 Å². The first-order valence-corrected chi connectivity index (χ1v) is 10.6. The monoisotopic (exact) mass is 466 g/mol. The molecule has 168 valence electrons. The van der Waals surface area contributed by atoms with Crippen LogP contribution in [0.15, 0.2) is 47.5 Å². The van der Waals surface area contributed by atoms with Gasteiger partial charge in [0.1, 0.15) is 5.69 Å². The van der Waals surface area contributed by atoms with Crippen molar-refractivity contribution in [3.05, 3.63) is 59.4 Å². The van der Waals surface area contributed by atoms with Gasteiger partial charge in [0.15, 0.2) is 9.84 Å². The summed E-state index contributed by atoms with van der Waals surface area (Å²) in [5.74, 6) is -1.03. The van der Waals surface area contributed by atoms with Gasteiger partial charge < -0.3 is 5.32 Å². The van der Waals surface area contributed by atoms with Crippen LogP contribution in [-0.4, -0.2) is 31.1 Å². The molecule has 12 heteroatoms. The fourth-order valence-electron chi connectivity index (χ4n) is 3.20. The predicted octanol–water partition coefficient (Wildman–Crippen LogP) is 4.10. The molecule has 2 aromatic rings. The maximum atomic E-state index is 12.8. The molecule has 31 heavy (non-hydrogen) atoms. The highest BCUT2D eigenvalue weighted by molar-refractivity contribution is 7.92. The summed E-state index contributed by atoms with van der Waals surface area (Å²) in [6.07, 6.45) is -8.28. The van der Waals surface area contributed by atoms with E-state index in [4.69, 9.17) is 0 Å². The summed E-state index contributed by atoms with van der Waals surface area (Å²) in [6.45, 7) is 0.0249. The second-order valence-electron chi connectivity index (χ2n) is 7.17. The average molecular weight is 466 g/mol. The summed E-state index contributed by atoms with van der Waals surface area (Å²) >= 11 is 0. The number of halogens is 6. The van der Waals surface area contributed by atoms with E-state index in [2.05, 4.69) is 10.3 Å². The van der Waals surface area contributed by atoms with Crippen LogP contribution in [0.5, 0.6) is 0 Å². The Bertz CT molecular complexity index is 1080. The lowest BCUT2D eigenvalue weighted by atomic mass is 9.85. The molecule has 1 saturated carbocycles. The fourth-order valence-corrected chi connectivity index (χ4v) is 5.20. The number of nitrogens with zero attached hydrogens (tertiary/aromatic N) is 1. The van der Waals surface area contributed by atoms with E-state index in [1.807, 2.05) is 0 Å². The van der Waals surface area contributed by atoms with Crippen molar-refractivity contribution in [1.82, 2.24) is 10.3 Å². The highest BCUT2D eigenvalue weighted by Gasteiger charge is 2.41. The molecule has 1 aromatic heterocycles. The molecule has 0 saturated heterocycles. The quantitative estimate of drug-likeness (QED) is 0.674. The molecule has 1 aliphatic carbocycles. The second-order valence-corrected chi connectivity index (χ2v) is 9.40. The van der Waals surface area contributed by atoms with Crippen molar-refractivity contribution in [3.63, 3.8) is 0 Å². The lowest BCUT2D eigenvalue weighted by Crippen LogP contribution is -2.42. The minimum Gasteiger partial charge on any atom is -0.352 e. The number of rotatable bonds is 5. The maximum Gasteiger partial charge on any atom is 0.433 e. The maximum absolute atomic E-state index is 12.8. The summed E-state index contributed by atoms with van der Waals surface area (Å²) in [4.78, 5) is 14.8. The number of aromatic nitrogens is 1. The Balaban J connectivity index is 1.58. The van der Waals surface area contributed by atoms with Crippen molar-refractivity contribution in [1.29, 1.82) is 0 Å². The van der Waals surface area contributed by atoms with Crippen LogP contribution < -0.4 is 5.32 Å². The van der Waals surface area contributed by atoms with E-state index in [9.17, 15) is 39.6 Å². The number of hydrogen-bond donors (Lipinski definition) is 1. The van der Waals surface area contributed by atoms with Crippen LogP contribution in [0.2, 0.25) is 0 Å². The van der Waals surface area contributed by atoms with Gasteiger partial charge in [0, 0.05) is 18.3 Å². The molecule has 0 unspecified atom stereocenters. The van der Waals surface area contributed by atoms with Gasteiger partial charge >= 0.3 is 12.4 Å². The molecule has 1 heterocycles. The van der Waals surface area contributed by atoms with E-state index in [1.54, 1.807) is 0 Å². The Morgan fingerprint density at radius 1 is 1.03 bits per heavy atom. The molecule has 1 fully saturated rings. The van der Waals surface area contributed by atoms with Crippen LogP contribution >= 0.6 is 0 Å². The second kappa shape index (κ2) is 8.13. The molecule has 5 nitrogen and oxygen atoms in total. The first-order chi connectivity index (χ1) is 14.3. The van der Waals surface area contributed by atoms with Crippen LogP contribution in [0.25, 0.3) is 0 Å². The molecule has 0 bridgehead atoms. The van der Waals surface area contributed by atoms with E-state index >= 15 is 0 Å². The van der Waals surface area contributed by atoms with E-state index in [0.717, 1.165) is 30.5 Å². The zero-order chi connectivity index (χ0) is 23.0. The van der Waals surface area contributed by atoms with Crippen molar-refractivity contribution >= 4 is 15.7 Å². The van der Waals surface area contributed by atoms with Crippen LogP contribution in [0.4, 0.5) is 26.3 Å². The normalized spacial score (nSPS) is 19.5. The number of benzene rings is 1. The molecule has 1 amide bonds. The summed E-state index contributed by atoms with van der Waals surface area (Å²) in [5.41, 5.74) is -2.52. The van der Waals surface area contributed by atoms with Gasteiger partial charge in [-0.15, -0.1) is 0 Å². The van der Waals surface area contributed by atoms with Crippen molar-refractivity contribution in [3.8, 4) is 0 Å². The summed E-state index contributed by atoms with van der Waals surface area (Å²) < 4.78 is 102. The Kier molecular flexibility index (Phi) is 6.05. The third-order valence-corrected chi connectivity index (χ3v) is 7.16. The fraction of sp³-hybridized carbons (Fsp3) is 0.368. The third-order valence-electron chi connectivity index (χ3n) is 4.99. The molecular weight excluding hydrogens is 450 g/mol. The lowest BCUT2D eigenvalue weighted by Gasteiger charge is -2.35. The van der Waals surface area contributed by atoms with E-state index in [1.165, 1.54) is 0 Å². The first-order valence-electron chi connectivity index (χ1n) is 9.01. The van der Waals surface area contributed by atoms with Crippen LogP contribution in [-0.2, 0) is 22.2 Å². The standard InChI is InChI=1S/C19H16F6N2O3S/c20-18(21,22)13-2-1-3-14(9-13)31(29,30)15-6-11(7-15)10-27-17(28)12-4-5-26-16(8-12)19(23,24)25/h1-5,8-9,11,15H,6-7,10H2,(H,27,28)/t11-,15-. The van der Waals surface area contributed by atoms with Gasteiger partial charge in [0.2, 0.25) is 0 Å². The summed E-state index contributed by atoms with van der Waals surface area (Å²) in [5, 5.41) is 1.55. The predicted molar refractivity (Wildman–Crippen MR) is 96.7 cm³/mol. The SMILES string of the molecule is O=C(NC[C@H]1C[C@H](S(=O)(=O)c2cccc(C(F)(F)F)c2)C1)c1ccnc(C(F)(F)F)c1. The Labute approximate surface area is 173 Å². The number of amides is 1. The number of carbonyl (C=O) groups excluding carboxylic acids is 1.